The lowest BCUT2D eigenvalue weighted by Crippen LogP contribution is -2.05. The van der Waals surface area contributed by atoms with E-state index < -0.39 is 0 Å². The Balaban J connectivity index is 1.93. The molecule has 2 heterocycles. The molecule has 0 amide bonds. The van der Waals surface area contributed by atoms with E-state index in [0.717, 1.165) is 18.5 Å². The van der Waals surface area contributed by atoms with Crippen LogP contribution in [0.2, 0.25) is 0 Å². The summed E-state index contributed by atoms with van der Waals surface area (Å²) in [6.45, 7) is 0.758. The second-order valence-electron chi connectivity index (χ2n) is 4.08. The molecule has 3 rings (SSSR count). The van der Waals surface area contributed by atoms with Crippen molar-refractivity contribution < 1.29 is 4.39 Å². The molecule has 0 saturated carbocycles. The van der Waals surface area contributed by atoms with E-state index in [1.807, 2.05) is 10.6 Å². The van der Waals surface area contributed by atoms with Gasteiger partial charge in [-0.25, -0.2) is 9.37 Å². The fourth-order valence-electron chi connectivity index (χ4n) is 2.03. The summed E-state index contributed by atoms with van der Waals surface area (Å²) in [5, 5.41) is 2.06. The molecule has 5 heteroatoms. The van der Waals surface area contributed by atoms with Crippen molar-refractivity contribution in [1.82, 2.24) is 9.55 Å². The maximum absolute atomic E-state index is 13.1. The lowest BCUT2D eigenvalue weighted by molar-refractivity contribution is 0.629. The summed E-state index contributed by atoms with van der Waals surface area (Å²) in [5.41, 5.74) is 7.37. The SMILES string of the molecule is Nc1nc2cc(F)ccc2n1CCc1cccs1. The molecule has 2 aromatic heterocycles. The Morgan fingerprint density at radius 3 is 3.00 bits per heavy atom. The molecule has 0 saturated heterocycles. The Kier molecular flexibility index (Phi) is 2.76. The first-order chi connectivity index (χ1) is 8.74. The molecule has 1 aromatic carbocycles. The Hall–Kier alpha value is -1.88. The number of nitrogens with two attached hydrogens (primary N) is 1. The van der Waals surface area contributed by atoms with Crippen LogP contribution in [0.25, 0.3) is 11.0 Å². The first-order valence-electron chi connectivity index (χ1n) is 5.68. The third kappa shape index (κ3) is 1.97. The van der Waals surface area contributed by atoms with Crippen molar-refractivity contribution in [1.29, 1.82) is 0 Å². The number of nitrogens with zero attached hydrogens (tertiary/aromatic N) is 2. The molecule has 2 N–H and O–H groups in total. The van der Waals surface area contributed by atoms with Gasteiger partial charge in [0.2, 0.25) is 5.95 Å². The smallest absolute Gasteiger partial charge is 0.201 e. The zero-order valence-corrected chi connectivity index (χ0v) is 10.5. The van der Waals surface area contributed by atoms with Crippen LogP contribution in [0.5, 0.6) is 0 Å². The fourth-order valence-corrected chi connectivity index (χ4v) is 2.73. The van der Waals surface area contributed by atoms with E-state index in [4.69, 9.17) is 5.73 Å². The third-order valence-corrected chi connectivity index (χ3v) is 3.84. The monoisotopic (exact) mass is 261 g/mol. The Labute approximate surface area is 108 Å². The predicted octanol–water partition coefficient (Wildman–Crippen LogP) is 3.06. The zero-order valence-electron chi connectivity index (χ0n) is 9.64. The van der Waals surface area contributed by atoms with Crippen LogP contribution >= 0.6 is 11.3 Å². The minimum absolute atomic E-state index is 0.287. The van der Waals surface area contributed by atoms with Gasteiger partial charge in [0.05, 0.1) is 11.0 Å². The van der Waals surface area contributed by atoms with Crippen LogP contribution in [-0.2, 0) is 13.0 Å². The van der Waals surface area contributed by atoms with Gasteiger partial charge in [0.15, 0.2) is 0 Å². The van der Waals surface area contributed by atoms with Gasteiger partial charge >= 0.3 is 0 Å². The number of benzene rings is 1. The molecule has 18 heavy (non-hydrogen) atoms. The Morgan fingerprint density at radius 1 is 1.33 bits per heavy atom. The molecule has 0 fully saturated rings. The molecule has 0 atom stereocenters. The third-order valence-electron chi connectivity index (χ3n) is 2.90. The minimum Gasteiger partial charge on any atom is -0.369 e. The van der Waals surface area contributed by atoms with Gasteiger partial charge < -0.3 is 10.3 Å². The second-order valence-corrected chi connectivity index (χ2v) is 5.12. The molecular formula is C13H12FN3S. The van der Waals surface area contributed by atoms with Crippen molar-refractivity contribution >= 4 is 28.3 Å². The highest BCUT2D eigenvalue weighted by atomic mass is 32.1. The average Bonchev–Trinajstić information content (AvgIpc) is 2.93. The van der Waals surface area contributed by atoms with Crippen molar-refractivity contribution in [3.05, 3.63) is 46.4 Å². The number of halogens is 1. The van der Waals surface area contributed by atoms with E-state index in [0.29, 0.717) is 11.5 Å². The molecular weight excluding hydrogens is 249 g/mol. The Bertz CT molecular complexity index is 673. The molecule has 0 bridgehead atoms. The molecule has 0 aliphatic heterocycles. The van der Waals surface area contributed by atoms with E-state index in [1.54, 1.807) is 17.4 Å². The van der Waals surface area contributed by atoms with Crippen molar-refractivity contribution in [3.63, 3.8) is 0 Å². The highest BCUT2D eigenvalue weighted by Crippen LogP contribution is 2.20. The summed E-state index contributed by atoms with van der Waals surface area (Å²) >= 11 is 1.72. The van der Waals surface area contributed by atoms with Gasteiger partial charge in [-0.3, -0.25) is 0 Å². The normalized spacial score (nSPS) is 11.2. The van der Waals surface area contributed by atoms with Crippen LogP contribution in [0.3, 0.4) is 0 Å². The van der Waals surface area contributed by atoms with Gasteiger partial charge in [-0.2, -0.15) is 0 Å². The van der Waals surface area contributed by atoms with Gasteiger partial charge in [0.1, 0.15) is 5.82 Å². The minimum atomic E-state index is -0.287. The van der Waals surface area contributed by atoms with Crippen molar-refractivity contribution in [2.24, 2.45) is 0 Å². The first-order valence-corrected chi connectivity index (χ1v) is 6.55. The number of rotatable bonds is 3. The number of aryl methyl sites for hydroxylation is 2. The number of hydrogen-bond donors (Lipinski definition) is 1. The molecule has 92 valence electrons. The van der Waals surface area contributed by atoms with Crippen LogP contribution < -0.4 is 5.73 Å². The predicted molar refractivity (Wildman–Crippen MR) is 72.1 cm³/mol. The van der Waals surface area contributed by atoms with E-state index >= 15 is 0 Å². The summed E-state index contributed by atoms with van der Waals surface area (Å²) in [4.78, 5) is 5.48. The van der Waals surface area contributed by atoms with Crippen molar-refractivity contribution in [3.8, 4) is 0 Å². The van der Waals surface area contributed by atoms with Crippen molar-refractivity contribution in [2.75, 3.05) is 5.73 Å². The molecule has 0 spiro atoms. The van der Waals surface area contributed by atoms with Gasteiger partial charge in [-0.15, -0.1) is 11.3 Å². The average molecular weight is 261 g/mol. The lowest BCUT2D eigenvalue weighted by atomic mass is 10.3. The summed E-state index contributed by atoms with van der Waals surface area (Å²) < 4.78 is 15.0. The topological polar surface area (TPSA) is 43.8 Å². The highest BCUT2D eigenvalue weighted by Gasteiger charge is 2.08. The summed E-state index contributed by atoms with van der Waals surface area (Å²) in [5.74, 6) is 0.151. The molecule has 0 unspecified atom stereocenters. The van der Waals surface area contributed by atoms with Crippen LogP contribution in [-0.4, -0.2) is 9.55 Å². The number of nitrogen functional groups attached to an aromatic ring is 1. The molecule has 0 aliphatic carbocycles. The standard InChI is InChI=1S/C13H12FN3S/c14-9-3-4-12-11(8-9)16-13(15)17(12)6-5-10-2-1-7-18-10/h1-4,7-8H,5-6H2,(H2,15,16). The highest BCUT2D eigenvalue weighted by molar-refractivity contribution is 7.09. The number of thiophene rings is 1. The van der Waals surface area contributed by atoms with Gasteiger partial charge in [0.25, 0.3) is 0 Å². The number of anilines is 1. The van der Waals surface area contributed by atoms with Crippen LogP contribution in [0.4, 0.5) is 10.3 Å². The van der Waals surface area contributed by atoms with Gasteiger partial charge in [-0.05, 0) is 30.0 Å². The Morgan fingerprint density at radius 2 is 2.22 bits per heavy atom. The van der Waals surface area contributed by atoms with Crippen LogP contribution in [0.15, 0.2) is 35.7 Å². The second kappa shape index (κ2) is 4.42. The largest absolute Gasteiger partial charge is 0.369 e. The summed E-state index contributed by atoms with van der Waals surface area (Å²) in [7, 11) is 0. The molecule has 0 radical (unpaired) electrons. The van der Waals surface area contributed by atoms with E-state index in [9.17, 15) is 4.39 Å². The molecule has 3 nitrogen and oxygen atoms in total. The number of hydrogen-bond acceptors (Lipinski definition) is 3. The quantitative estimate of drug-likeness (QED) is 0.787. The van der Waals surface area contributed by atoms with Crippen LogP contribution in [0.1, 0.15) is 4.88 Å². The summed E-state index contributed by atoms with van der Waals surface area (Å²) in [6.07, 6.45) is 0.907. The molecule has 0 aliphatic rings. The van der Waals surface area contributed by atoms with E-state index in [-0.39, 0.29) is 5.82 Å². The zero-order chi connectivity index (χ0) is 12.5. The first kappa shape index (κ1) is 11.2. The number of aromatic nitrogens is 2. The maximum Gasteiger partial charge on any atom is 0.201 e. The van der Waals surface area contributed by atoms with Gasteiger partial charge in [-0.1, -0.05) is 6.07 Å². The fraction of sp³-hybridized carbons (Fsp3) is 0.154. The van der Waals surface area contributed by atoms with Crippen LogP contribution in [0, 0.1) is 5.82 Å². The lowest BCUT2D eigenvalue weighted by Gasteiger charge is -2.05. The number of fused-ring (bicyclic) bond motifs is 1. The van der Waals surface area contributed by atoms with Crippen molar-refractivity contribution in [2.45, 2.75) is 13.0 Å². The van der Waals surface area contributed by atoms with E-state index in [1.165, 1.54) is 17.0 Å². The number of imidazole rings is 1. The summed E-state index contributed by atoms with van der Waals surface area (Å²) in [6, 6.07) is 8.70. The van der Waals surface area contributed by atoms with Gasteiger partial charge in [0, 0.05) is 17.5 Å². The van der Waals surface area contributed by atoms with E-state index in [2.05, 4.69) is 16.4 Å². The molecule has 3 aromatic rings. The maximum atomic E-state index is 13.1.